The maximum absolute atomic E-state index is 12.8. The zero-order chi connectivity index (χ0) is 23.0. The highest BCUT2D eigenvalue weighted by Crippen LogP contribution is 2.19. The summed E-state index contributed by atoms with van der Waals surface area (Å²) in [6.07, 6.45) is 4.27. The third-order valence-corrected chi connectivity index (χ3v) is 5.74. The molecule has 1 fully saturated rings. The summed E-state index contributed by atoms with van der Waals surface area (Å²) in [5, 5.41) is 4.41. The van der Waals surface area contributed by atoms with Gasteiger partial charge in [0.05, 0.1) is 12.8 Å². The van der Waals surface area contributed by atoms with Crippen molar-refractivity contribution in [2.24, 2.45) is 0 Å². The first kappa shape index (κ1) is 22.5. The Kier molecular flexibility index (Phi) is 7.32. The van der Waals surface area contributed by atoms with Crippen LogP contribution in [0.15, 0.2) is 77.6 Å². The molecule has 3 aromatic rings. The van der Waals surface area contributed by atoms with Gasteiger partial charge in [-0.05, 0) is 35.9 Å². The van der Waals surface area contributed by atoms with Crippen LogP contribution in [0.3, 0.4) is 0 Å². The summed E-state index contributed by atoms with van der Waals surface area (Å²) in [6, 6.07) is 20.8. The first-order chi connectivity index (χ1) is 16.1. The van der Waals surface area contributed by atoms with Crippen molar-refractivity contribution in [2.75, 3.05) is 39.8 Å². The molecule has 1 aliphatic heterocycles. The van der Waals surface area contributed by atoms with Crippen LogP contribution in [0.4, 0.5) is 0 Å². The number of carbonyl (C=O) groups excluding carboxylic acids is 1. The number of carbonyl (C=O) groups is 1. The molecular formula is C26H28N4O3. The molecule has 0 atom stereocenters. The minimum Gasteiger partial charge on any atom is -0.497 e. The average molecular weight is 445 g/mol. The van der Waals surface area contributed by atoms with E-state index < -0.39 is 0 Å². The van der Waals surface area contributed by atoms with Gasteiger partial charge in [0.2, 0.25) is 5.91 Å². The number of benzene rings is 2. The number of rotatable bonds is 7. The molecule has 0 saturated carbocycles. The van der Waals surface area contributed by atoms with Crippen LogP contribution < -0.4 is 10.3 Å². The Hall–Kier alpha value is -3.71. The van der Waals surface area contributed by atoms with Gasteiger partial charge in [-0.3, -0.25) is 14.5 Å². The van der Waals surface area contributed by atoms with Crippen molar-refractivity contribution in [3.63, 3.8) is 0 Å². The number of amides is 1. The molecule has 0 bridgehead atoms. The molecule has 1 saturated heterocycles. The lowest BCUT2D eigenvalue weighted by atomic mass is 10.1. The van der Waals surface area contributed by atoms with E-state index in [0.29, 0.717) is 18.8 Å². The molecule has 1 aromatic heterocycles. The lowest BCUT2D eigenvalue weighted by Crippen LogP contribution is -2.50. The number of ether oxygens (including phenoxy) is 1. The van der Waals surface area contributed by atoms with E-state index in [0.717, 1.165) is 30.9 Å². The van der Waals surface area contributed by atoms with Crippen molar-refractivity contribution in [1.82, 2.24) is 19.6 Å². The second kappa shape index (κ2) is 10.7. The molecule has 1 aliphatic rings. The normalized spacial score (nSPS) is 14.5. The quantitative estimate of drug-likeness (QED) is 0.561. The Morgan fingerprint density at radius 1 is 0.970 bits per heavy atom. The zero-order valence-electron chi connectivity index (χ0n) is 18.8. The molecule has 0 aliphatic carbocycles. The third-order valence-electron chi connectivity index (χ3n) is 5.74. The molecule has 4 rings (SSSR count). The van der Waals surface area contributed by atoms with Gasteiger partial charge in [0.25, 0.3) is 5.56 Å². The highest BCUT2D eigenvalue weighted by molar-refractivity contribution is 5.76. The summed E-state index contributed by atoms with van der Waals surface area (Å²) < 4.78 is 6.43. The van der Waals surface area contributed by atoms with Crippen LogP contribution in [0.1, 0.15) is 5.56 Å². The molecule has 7 nitrogen and oxygen atoms in total. The number of methoxy groups -OCH3 is 1. The largest absolute Gasteiger partial charge is 0.497 e. The Morgan fingerprint density at radius 3 is 2.39 bits per heavy atom. The van der Waals surface area contributed by atoms with Crippen molar-refractivity contribution in [2.45, 2.75) is 6.54 Å². The van der Waals surface area contributed by atoms with E-state index >= 15 is 0 Å². The third kappa shape index (κ3) is 5.96. The van der Waals surface area contributed by atoms with Crippen LogP contribution in [0.25, 0.3) is 17.3 Å². The summed E-state index contributed by atoms with van der Waals surface area (Å²) in [5.74, 6) is 0.660. The van der Waals surface area contributed by atoms with Crippen molar-refractivity contribution in [1.29, 1.82) is 0 Å². The fraction of sp³-hybridized carbons (Fsp3) is 0.269. The molecule has 0 N–H and O–H groups in total. The van der Waals surface area contributed by atoms with E-state index in [1.807, 2.05) is 47.4 Å². The van der Waals surface area contributed by atoms with Crippen LogP contribution in [0.5, 0.6) is 5.75 Å². The highest BCUT2D eigenvalue weighted by Gasteiger charge is 2.21. The lowest BCUT2D eigenvalue weighted by molar-refractivity contribution is -0.133. The molecule has 0 spiro atoms. The number of nitrogens with zero attached hydrogens (tertiary/aromatic N) is 4. The second-order valence-corrected chi connectivity index (χ2v) is 7.94. The van der Waals surface area contributed by atoms with Crippen LogP contribution >= 0.6 is 0 Å². The van der Waals surface area contributed by atoms with Gasteiger partial charge in [-0.25, -0.2) is 4.68 Å². The van der Waals surface area contributed by atoms with Crippen LogP contribution in [-0.4, -0.2) is 65.3 Å². The van der Waals surface area contributed by atoms with Gasteiger partial charge in [0, 0.05) is 44.4 Å². The Labute approximate surface area is 193 Å². The maximum Gasteiger partial charge on any atom is 0.267 e. The predicted molar refractivity (Wildman–Crippen MR) is 129 cm³/mol. The molecule has 0 unspecified atom stereocenters. The van der Waals surface area contributed by atoms with Gasteiger partial charge in [0.1, 0.15) is 12.3 Å². The van der Waals surface area contributed by atoms with Crippen LogP contribution in [-0.2, 0) is 11.3 Å². The van der Waals surface area contributed by atoms with E-state index in [1.165, 1.54) is 16.3 Å². The summed E-state index contributed by atoms with van der Waals surface area (Å²) in [4.78, 5) is 29.3. The molecule has 170 valence electrons. The Balaban J connectivity index is 1.32. The van der Waals surface area contributed by atoms with E-state index in [4.69, 9.17) is 4.74 Å². The second-order valence-electron chi connectivity index (χ2n) is 7.94. The number of hydrogen-bond acceptors (Lipinski definition) is 5. The SMILES string of the molecule is COc1ccc(-c2ccc(=O)n(CC(=O)N3CCN(CC=Cc4ccccc4)CC3)n2)cc1. The van der Waals surface area contributed by atoms with Gasteiger partial charge in [-0.15, -0.1) is 0 Å². The van der Waals surface area contributed by atoms with Gasteiger partial charge < -0.3 is 9.64 Å². The summed E-state index contributed by atoms with van der Waals surface area (Å²) in [7, 11) is 1.61. The minimum atomic E-state index is -0.287. The fourth-order valence-corrected chi connectivity index (χ4v) is 3.79. The van der Waals surface area contributed by atoms with E-state index in [-0.39, 0.29) is 18.0 Å². The molecule has 7 heteroatoms. The first-order valence-electron chi connectivity index (χ1n) is 11.1. The number of hydrogen-bond donors (Lipinski definition) is 0. The van der Waals surface area contributed by atoms with E-state index in [9.17, 15) is 9.59 Å². The Bertz CT molecular complexity index is 1150. The van der Waals surface area contributed by atoms with Crippen molar-refractivity contribution in [3.05, 3.63) is 88.7 Å². The van der Waals surface area contributed by atoms with Gasteiger partial charge >= 0.3 is 0 Å². The van der Waals surface area contributed by atoms with Crippen LogP contribution in [0, 0.1) is 0 Å². The Morgan fingerprint density at radius 2 is 1.70 bits per heavy atom. The maximum atomic E-state index is 12.8. The summed E-state index contributed by atoms with van der Waals surface area (Å²) >= 11 is 0. The summed E-state index contributed by atoms with van der Waals surface area (Å²) in [6.45, 7) is 3.69. The van der Waals surface area contributed by atoms with Crippen molar-refractivity contribution < 1.29 is 9.53 Å². The predicted octanol–water partition coefficient (Wildman–Crippen LogP) is 2.78. The highest BCUT2D eigenvalue weighted by atomic mass is 16.5. The molecule has 2 aromatic carbocycles. The lowest BCUT2D eigenvalue weighted by Gasteiger charge is -2.34. The van der Waals surface area contributed by atoms with Crippen LogP contribution in [0.2, 0.25) is 0 Å². The van der Waals surface area contributed by atoms with Gasteiger partial charge in [0.15, 0.2) is 0 Å². The van der Waals surface area contributed by atoms with E-state index in [1.54, 1.807) is 13.2 Å². The van der Waals surface area contributed by atoms with E-state index in [2.05, 4.69) is 34.3 Å². The smallest absolute Gasteiger partial charge is 0.267 e. The molecule has 1 amide bonds. The van der Waals surface area contributed by atoms with Crippen molar-refractivity contribution in [3.8, 4) is 17.0 Å². The topological polar surface area (TPSA) is 67.7 Å². The first-order valence-corrected chi connectivity index (χ1v) is 11.1. The summed E-state index contributed by atoms with van der Waals surface area (Å²) in [5.41, 5.74) is 2.39. The molecule has 0 radical (unpaired) electrons. The monoisotopic (exact) mass is 444 g/mol. The fourth-order valence-electron chi connectivity index (χ4n) is 3.79. The minimum absolute atomic E-state index is 0.0588. The number of piperazine rings is 1. The standard InChI is InChI=1S/C26H28N4O3/c1-33-23-11-9-22(10-12-23)24-13-14-25(31)30(27-24)20-26(32)29-18-16-28(17-19-29)15-5-8-21-6-3-2-4-7-21/h2-14H,15-20H2,1H3. The molecular weight excluding hydrogens is 416 g/mol. The van der Waals surface area contributed by atoms with Gasteiger partial charge in [-0.1, -0.05) is 42.5 Å². The van der Waals surface area contributed by atoms with Gasteiger partial charge in [-0.2, -0.15) is 5.10 Å². The molecule has 2 heterocycles. The average Bonchev–Trinajstić information content (AvgIpc) is 2.86. The zero-order valence-corrected chi connectivity index (χ0v) is 18.8. The molecule has 33 heavy (non-hydrogen) atoms. The van der Waals surface area contributed by atoms with Crippen molar-refractivity contribution >= 4 is 12.0 Å². The number of aromatic nitrogens is 2.